The molecular weight excluding hydrogens is 224 g/mol. The van der Waals surface area contributed by atoms with E-state index in [4.69, 9.17) is 5.84 Å². The fourth-order valence-corrected chi connectivity index (χ4v) is 1.06. The van der Waals surface area contributed by atoms with Gasteiger partial charge in [0.2, 0.25) is 0 Å². The number of nitrogens with two attached hydrogens (primary N) is 1. The van der Waals surface area contributed by atoms with Crippen molar-refractivity contribution in [2.75, 3.05) is 0 Å². The Hall–Kier alpha value is -0.880. The van der Waals surface area contributed by atoms with E-state index < -0.39 is 0 Å². The summed E-state index contributed by atoms with van der Waals surface area (Å²) in [5.41, 5.74) is 2.94. The Kier molecular flexibility index (Phi) is 2.83. The number of nitrogens with zero attached hydrogens (tertiary/aromatic N) is 2. The van der Waals surface area contributed by atoms with Crippen LogP contribution in [-0.2, 0) is 11.3 Å². The first-order valence-electron chi connectivity index (χ1n) is 3.32. The van der Waals surface area contributed by atoms with Crippen LogP contribution in [0, 0.1) is 6.92 Å². The van der Waals surface area contributed by atoms with Crippen LogP contribution in [0.1, 0.15) is 5.69 Å². The number of hydrogen-bond donors (Lipinski definition) is 2. The molecule has 0 bridgehead atoms. The highest BCUT2D eigenvalue weighted by atomic mass is 79.9. The van der Waals surface area contributed by atoms with Crippen molar-refractivity contribution >= 4 is 21.8 Å². The molecule has 5 nitrogen and oxygen atoms in total. The van der Waals surface area contributed by atoms with Crippen LogP contribution in [0.2, 0.25) is 0 Å². The van der Waals surface area contributed by atoms with Crippen molar-refractivity contribution in [3.63, 3.8) is 0 Å². The van der Waals surface area contributed by atoms with E-state index in [2.05, 4.69) is 21.0 Å². The molecule has 0 fully saturated rings. The Labute approximate surface area is 78.0 Å². The summed E-state index contributed by atoms with van der Waals surface area (Å²) in [5, 5.41) is 3.96. The monoisotopic (exact) mass is 232 g/mol. The first kappa shape index (κ1) is 9.21. The molecule has 0 radical (unpaired) electrons. The average molecular weight is 233 g/mol. The van der Waals surface area contributed by atoms with Gasteiger partial charge in [-0.15, -0.1) is 0 Å². The molecule has 6 heteroatoms. The fraction of sp³-hybridized carbons (Fsp3) is 0.333. The number of nitrogens with one attached hydrogen (secondary N) is 1. The summed E-state index contributed by atoms with van der Waals surface area (Å²) in [6.45, 7) is 2.01. The largest absolute Gasteiger partial charge is 0.293 e. The Morgan fingerprint density at radius 2 is 2.58 bits per heavy atom. The van der Waals surface area contributed by atoms with E-state index in [1.807, 2.05) is 12.3 Å². The summed E-state index contributed by atoms with van der Waals surface area (Å²) in [6.07, 6.45) is 1.64. The smallest absolute Gasteiger partial charge is 0.255 e. The van der Waals surface area contributed by atoms with Crippen LogP contribution >= 0.6 is 15.9 Å². The zero-order chi connectivity index (χ0) is 9.14. The zero-order valence-electron chi connectivity index (χ0n) is 6.54. The third-order valence-electron chi connectivity index (χ3n) is 1.50. The molecule has 66 valence electrons. The Balaban J connectivity index is 2.76. The lowest BCUT2D eigenvalue weighted by Gasteiger charge is -2.01. The van der Waals surface area contributed by atoms with Gasteiger partial charge >= 0.3 is 0 Å². The molecule has 1 heterocycles. The molecule has 0 saturated carbocycles. The van der Waals surface area contributed by atoms with E-state index in [-0.39, 0.29) is 12.5 Å². The van der Waals surface area contributed by atoms with Gasteiger partial charge in [0.15, 0.2) is 0 Å². The third-order valence-corrected chi connectivity index (χ3v) is 2.28. The second-order valence-electron chi connectivity index (χ2n) is 2.30. The van der Waals surface area contributed by atoms with Crippen molar-refractivity contribution in [1.82, 2.24) is 15.2 Å². The van der Waals surface area contributed by atoms with E-state index in [9.17, 15) is 4.79 Å². The molecule has 12 heavy (non-hydrogen) atoms. The maximum atomic E-state index is 10.8. The first-order valence-corrected chi connectivity index (χ1v) is 4.12. The molecule has 1 amide bonds. The van der Waals surface area contributed by atoms with Crippen LogP contribution in [-0.4, -0.2) is 15.7 Å². The number of carbonyl (C=O) groups is 1. The van der Waals surface area contributed by atoms with Crippen molar-refractivity contribution in [3.05, 3.63) is 16.4 Å². The molecule has 0 spiro atoms. The molecule has 0 aliphatic rings. The van der Waals surface area contributed by atoms with Crippen LogP contribution in [0.4, 0.5) is 0 Å². The molecule has 1 aromatic heterocycles. The topological polar surface area (TPSA) is 72.9 Å². The molecular formula is C6H9BrN4O. The van der Waals surface area contributed by atoms with Crippen LogP contribution in [0.5, 0.6) is 0 Å². The van der Waals surface area contributed by atoms with Crippen molar-refractivity contribution in [3.8, 4) is 0 Å². The standard InChI is InChI=1S/C6H9BrN4O/c1-4-5(7)2-9-11(4)3-6(12)10-8/h2H,3,8H2,1H3,(H,10,12). The molecule has 1 aromatic rings. The fourth-order valence-electron chi connectivity index (χ4n) is 0.765. The summed E-state index contributed by atoms with van der Waals surface area (Å²) < 4.78 is 2.44. The molecule has 0 aliphatic heterocycles. The Morgan fingerprint density at radius 1 is 1.92 bits per heavy atom. The molecule has 0 atom stereocenters. The molecule has 0 aliphatic carbocycles. The number of carbonyl (C=O) groups excluding carboxylic acids is 1. The predicted octanol–water partition coefficient (Wildman–Crippen LogP) is -0.0561. The summed E-state index contributed by atoms with van der Waals surface area (Å²) in [4.78, 5) is 10.8. The number of hydrogen-bond acceptors (Lipinski definition) is 3. The average Bonchev–Trinajstić information content (AvgIpc) is 2.36. The third kappa shape index (κ3) is 1.83. The van der Waals surface area contributed by atoms with Crippen LogP contribution in [0.3, 0.4) is 0 Å². The molecule has 0 aromatic carbocycles. The minimum Gasteiger partial charge on any atom is -0.293 e. The Morgan fingerprint density at radius 3 is 3.00 bits per heavy atom. The van der Waals surface area contributed by atoms with Crippen LogP contribution < -0.4 is 11.3 Å². The van der Waals surface area contributed by atoms with Gasteiger partial charge < -0.3 is 0 Å². The maximum Gasteiger partial charge on any atom is 0.255 e. The lowest BCUT2D eigenvalue weighted by molar-refractivity contribution is -0.121. The minimum absolute atomic E-state index is 0.147. The van der Waals surface area contributed by atoms with Gasteiger partial charge in [-0.25, -0.2) is 5.84 Å². The number of halogens is 1. The van der Waals surface area contributed by atoms with Gasteiger partial charge in [0, 0.05) is 0 Å². The van der Waals surface area contributed by atoms with E-state index in [1.165, 1.54) is 0 Å². The van der Waals surface area contributed by atoms with Gasteiger partial charge in [0.05, 0.1) is 16.4 Å². The summed E-state index contributed by atoms with van der Waals surface area (Å²) in [6, 6.07) is 0. The highest BCUT2D eigenvalue weighted by Crippen LogP contribution is 2.13. The summed E-state index contributed by atoms with van der Waals surface area (Å²) in [5.74, 6) is 4.65. The normalized spacial score (nSPS) is 9.92. The van der Waals surface area contributed by atoms with E-state index in [0.29, 0.717) is 0 Å². The number of aromatic nitrogens is 2. The van der Waals surface area contributed by atoms with Gasteiger partial charge in [0.25, 0.3) is 5.91 Å². The van der Waals surface area contributed by atoms with Gasteiger partial charge in [-0.1, -0.05) is 0 Å². The second kappa shape index (κ2) is 3.68. The number of rotatable bonds is 2. The van der Waals surface area contributed by atoms with E-state index in [1.54, 1.807) is 10.9 Å². The number of amides is 1. The van der Waals surface area contributed by atoms with Gasteiger partial charge in [-0.2, -0.15) is 5.10 Å². The quantitative estimate of drug-likeness (QED) is 0.427. The van der Waals surface area contributed by atoms with Crippen molar-refractivity contribution in [1.29, 1.82) is 0 Å². The molecule has 0 unspecified atom stereocenters. The van der Waals surface area contributed by atoms with Gasteiger partial charge in [-0.3, -0.25) is 14.9 Å². The van der Waals surface area contributed by atoms with Gasteiger partial charge in [0.1, 0.15) is 6.54 Å². The molecule has 0 saturated heterocycles. The first-order chi connectivity index (χ1) is 5.65. The van der Waals surface area contributed by atoms with Crippen molar-refractivity contribution in [2.24, 2.45) is 5.84 Å². The van der Waals surface area contributed by atoms with Crippen molar-refractivity contribution < 1.29 is 4.79 Å². The highest BCUT2D eigenvalue weighted by molar-refractivity contribution is 9.10. The molecule has 3 N–H and O–H groups in total. The molecule has 1 rings (SSSR count). The lowest BCUT2D eigenvalue weighted by atomic mass is 10.5. The predicted molar refractivity (Wildman–Crippen MR) is 47.0 cm³/mol. The van der Waals surface area contributed by atoms with Gasteiger partial charge in [-0.05, 0) is 22.9 Å². The highest BCUT2D eigenvalue weighted by Gasteiger charge is 2.06. The minimum atomic E-state index is -0.270. The lowest BCUT2D eigenvalue weighted by Crippen LogP contribution is -2.33. The Bertz CT molecular complexity index is 296. The SMILES string of the molecule is Cc1c(Br)cnn1CC(=O)NN. The van der Waals surface area contributed by atoms with Crippen molar-refractivity contribution in [2.45, 2.75) is 13.5 Å². The van der Waals surface area contributed by atoms with Crippen LogP contribution in [0.25, 0.3) is 0 Å². The zero-order valence-corrected chi connectivity index (χ0v) is 8.13. The van der Waals surface area contributed by atoms with Crippen LogP contribution in [0.15, 0.2) is 10.7 Å². The summed E-state index contributed by atoms with van der Waals surface area (Å²) >= 11 is 3.28. The summed E-state index contributed by atoms with van der Waals surface area (Å²) in [7, 11) is 0. The van der Waals surface area contributed by atoms with E-state index >= 15 is 0 Å². The maximum absolute atomic E-state index is 10.8. The second-order valence-corrected chi connectivity index (χ2v) is 3.16. The van der Waals surface area contributed by atoms with E-state index in [0.717, 1.165) is 10.2 Å². The number of hydrazine groups is 1.